The van der Waals surface area contributed by atoms with Crippen LogP contribution in [-0.2, 0) is 11.3 Å². The van der Waals surface area contributed by atoms with Gasteiger partial charge in [0.2, 0.25) is 5.91 Å². The second-order valence-corrected chi connectivity index (χ2v) is 8.67. The van der Waals surface area contributed by atoms with Gasteiger partial charge in [-0.25, -0.2) is 0 Å². The van der Waals surface area contributed by atoms with Crippen molar-refractivity contribution in [2.24, 2.45) is 5.92 Å². The van der Waals surface area contributed by atoms with Gasteiger partial charge in [-0.05, 0) is 56.2 Å². The Kier molecular flexibility index (Phi) is 5.42. The van der Waals surface area contributed by atoms with Crippen molar-refractivity contribution in [3.63, 3.8) is 0 Å². The van der Waals surface area contributed by atoms with Crippen LogP contribution in [0.3, 0.4) is 0 Å². The molecule has 1 N–H and O–H groups in total. The number of piperidine rings is 2. The van der Waals surface area contributed by atoms with Crippen LogP contribution in [-0.4, -0.2) is 58.7 Å². The molecule has 5 nitrogen and oxygen atoms in total. The van der Waals surface area contributed by atoms with Gasteiger partial charge in [0.15, 0.2) is 0 Å². The number of amides is 1. The van der Waals surface area contributed by atoms with Gasteiger partial charge in [-0.2, -0.15) is 0 Å². The number of fused-ring (bicyclic) bond motifs is 1. The van der Waals surface area contributed by atoms with Crippen LogP contribution >= 0.6 is 0 Å². The van der Waals surface area contributed by atoms with E-state index in [1.165, 1.54) is 31.2 Å². The summed E-state index contributed by atoms with van der Waals surface area (Å²) < 4.78 is 6.05. The molecule has 5 heteroatoms. The molecule has 148 valence electrons. The maximum Gasteiger partial charge on any atom is 0.219 e. The van der Waals surface area contributed by atoms with Crippen LogP contribution in [0, 0.1) is 5.92 Å². The zero-order chi connectivity index (χ0) is 18.9. The van der Waals surface area contributed by atoms with Crippen molar-refractivity contribution in [1.29, 1.82) is 0 Å². The number of benzene rings is 1. The molecule has 0 aromatic heterocycles. The van der Waals surface area contributed by atoms with E-state index in [0.29, 0.717) is 25.6 Å². The Bertz CT molecular complexity index is 656. The molecule has 1 amide bonds. The van der Waals surface area contributed by atoms with Gasteiger partial charge in [0.25, 0.3) is 0 Å². The van der Waals surface area contributed by atoms with Crippen LogP contribution in [0.4, 0.5) is 0 Å². The molecule has 0 bridgehead atoms. The summed E-state index contributed by atoms with van der Waals surface area (Å²) in [5.41, 5.74) is 0.681. The van der Waals surface area contributed by atoms with Gasteiger partial charge in [-0.3, -0.25) is 9.69 Å². The molecule has 1 saturated carbocycles. The van der Waals surface area contributed by atoms with Gasteiger partial charge in [-0.15, -0.1) is 0 Å². The number of carbonyl (C=O) groups is 1. The average Bonchev–Trinajstić information content (AvgIpc) is 3.16. The lowest BCUT2D eigenvalue weighted by Crippen LogP contribution is -2.60. The maximum atomic E-state index is 11.7. The first kappa shape index (κ1) is 18.8. The van der Waals surface area contributed by atoms with Crippen molar-refractivity contribution in [3.8, 4) is 5.75 Å². The van der Waals surface area contributed by atoms with Crippen LogP contribution < -0.4 is 4.74 Å². The monoisotopic (exact) mass is 372 g/mol. The Morgan fingerprint density at radius 2 is 1.85 bits per heavy atom. The molecule has 0 radical (unpaired) electrons. The molecule has 1 aliphatic carbocycles. The summed E-state index contributed by atoms with van der Waals surface area (Å²) in [6.07, 6.45) is 6.82. The number of ether oxygens (including phenoxy) is 1. The number of carbonyl (C=O) groups excluding carboxylic acids is 1. The zero-order valence-electron chi connectivity index (χ0n) is 16.4. The van der Waals surface area contributed by atoms with Gasteiger partial charge in [0.05, 0.1) is 11.7 Å². The van der Waals surface area contributed by atoms with Crippen molar-refractivity contribution in [2.75, 3.05) is 26.2 Å². The van der Waals surface area contributed by atoms with Gasteiger partial charge >= 0.3 is 0 Å². The molecule has 4 rings (SSSR count). The first-order chi connectivity index (χ1) is 13.0. The van der Waals surface area contributed by atoms with Gasteiger partial charge < -0.3 is 14.7 Å². The molecule has 0 unspecified atom stereocenters. The van der Waals surface area contributed by atoms with Crippen LogP contribution in [0.25, 0.3) is 0 Å². The van der Waals surface area contributed by atoms with Crippen molar-refractivity contribution in [2.45, 2.75) is 63.7 Å². The summed E-state index contributed by atoms with van der Waals surface area (Å²) in [6.45, 7) is 5.63. The quantitative estimate of drug-likeness (QED) is 0.883. The Balaban J connectivity index is 1.33. The molecule has 2 aliphatic heterocycles. The fraction of sp³-hybridized carbons (Fsp3) is 0.682. The highest BCUT2D eigenvalue weighted by Crippen LogP contribution is 2.36. The molecule has 2 heterocycles. The Hall–Kier alpha value is -1.59. The first-order valence-corrected chi connectivity index (χ1v) is 10.5. The summed E-state index contributed by atoms with van der Waals surface area (Å²) in [4.78, 5) is 16.0. The van der Waals surface area contributed by atoms with Gasteiger partial charge in [0, 0.05) is 45.6 Å². The Morgan fingerprint density at radius 3 is 2.56 bits per heavy atom. The zero-order valence-corrected chi connectivity index (χ0v) is 16.4. The molecular formula is C22H32N2O3. The third kappa shape index (κ3) is 4.30. The van der Waals surface area contributed by atoms with Crippen LogP contribution in [0.1, 0.15) is 51.0 Å². The largest absolute Gasteiger partial charge is 0.490 e. The van der Waals surface area contributed by atoms with E-state index in [4.69, 9.17) is 4.74 Å². The van der Waals surface area contributed by atoms with Crippen LogP contribution in [0.5, 0.6) is 5.75 Å². The van der Waals surface area contributed by atoms with E-state index < -0.39 is 5.60 Å². The van der Waals surface area contributed by atoms with Crippen molar-refractivity contribution in [3.05, 3.63) is 29.8 Å². The minimum absolute atomic E-state index is 0.118. The highest BCUT2D eigenvalue weighted by atomic mass is 16.5. The molecule has 0 spiro atoms. The normalized spacial score (nSPS) is 29.6. The van der Waals surface area contributed by atoms with Gasteiger partial charge in [-0.1, -0.05) is 12.1 Å². The highest BCUT2D eigenvalue weighted by molar-refractivity contribution is 5.73. The molecule has 2 atom stereocenters. The molecule has 27 heavy (non-hydrogen) atoms. The van der Waals surface area contributed by atoms with Crippen molar-refractivity contribution >= 4 is 5.91 Å². The summed E-state index contributed by atoms with van der Waals surface area (Å²) in [7, 11) is 0. The Labute approximate surface area is 162 Å². The minimum atomic E-state index is -0.596. The standard InChI is InChI=1S/C22H32N2O3/c1-17(25)24-13-11-22(26)10-12-23(15-19(22)16-24)14-18-6-8-21(9-7-18)27-20-4-2-3-5-20/h6-9,19-20,26H,2-5,10-16H2,1H3/t19-,22-/m1/s1. The van der Waals surface area contributed by atoms with Gasteiger partial charge in [0.1, 0.15) is 5.75 Å². The third-order valence-electron chi connectivity index (χ3n) is 6.73. The number of hydrogen-bond donors (Lipinski definition) is 1. The fourth-order valence-electron chi connectivity index (χ4n) is 4.93. The summed E-state index contributed by atoms with van der Waals surface area (Å²) in [5.74, 6) is 1.24. The molecule has 1 aromatic rings. The number of likely N-dealkylation sites (tertiary alicyclic amines) is 2. The molecule has 1 aromatic carbocycles. The predicted octanol–water partition coefficient (Wildman–Crippen LogP) is 2.81. The summed E-state index contributed by atoms with van der Waals surface area (Å²) >= 11 is 0. The number of hydrogen-bond acceptors (Lipinski definition) is 4. The van der Waals surface area contributed by atoms with Crippen molar-refractivity contribution < 1.29 is 14.6 Å². The lowest BCUT2D eigenvalue weighted by molar-refractivity contribution is -0.145. The summed E-state index contributed by atoms with van der Waals surface area (Å²) in [5, 5.41) is 11.0. The number of rotatable bonds is 4. The fourth-order valence-corrected chi connectivity index (χ4v) is 4.93. The minimum Gasteiger partial charge on any atom is -0.490 e. The Morgan fingerprint density at radius 1 is 1.15 bits per heavy atom. The lowest BCUT2D eigenvalue weighted by Gasteiger charge is -2.50. The molecule has 3 fully saturated rings. The smallest absolute Gasteiger partial charge is 0.219 e. The highest BCUT2D eigenvalue weighted by Gasteiger charge is 2.45. The summed E-state index contributed by atoms with van der Waals surface area (Å²) in [6, 6.07) is 8.50. The molecule has 3 aliphatic rings. The van der Waals surface area contributed by atoms with Crippen molar-refractivity contribution in [1.82, 2.24) is 9.80 Å². The van der Waals surface area contributed by atoms with Crippen LogP contribution in [0.2, 0.25) is 0 Å². The third-order valence-corrected chi connectivity index (χ3v) is 6.73. The first-order valence-electron chi connectivity index (χ1n) is 10.5. The average molecular weight is 373 g/mol. The maximum absolute atomic E-state index is 11.7. The van der Waals surface area contributed by atoms with E-state index in [2.05, 4.69) is 29.2 Å². The number of aliphatic hydroxyl groups is 1. The topological polar surface area (TPSA) is 53.0 Å². The second-order valence-electron chi connectivity index (χ2n) is 8.67. The van der Waals surface area contributed by atoms with E-state index in [1.807, 2.05) is 4.90 Å². The number of nitrogens with zero attached hydrogens (tertiary/aromatic N) is 2. The predicted molar refractivity (Wildman–Crippen MR) is 105 cm³/mol. The van der Waals surface area contributed by atoms with E-state index in [1.54, 1.807) is 6.92 Å². The SMILES string of the molecule is CC(=O)N1CC[C@]2(O)CCN(Cc3ccc(OC4CCCC4)cc3)C[C@@H]2C1. The molecule has 2 saturated heterocycles. The molecular weight excluding hydrogens is 340 g/mol. The van der Waals surface area contributed by atoms with Crippen LogP contribution in [0.15, 0.2) is 24.3 Å². The van der Waals surface area contributed by atoms with E-state index in [-0.39, 0.29) is 11.8 Å². The lowest BCUT2D eigenvalue weighted by atomic mass is 9.75. The van der Waals surface area contributed by atoms with E-state index in [9.17, 15) is 9.90 Å². The van der Waals surface area contributed by atoms with E-state index >= 15 is 0 Å². The second kappa shape index (κ2) is 7.80. The van der Waals surface area contributed by atoms with E-state index in [0.717, 1.165) is 31.8 Å².